The molecule has 8 nitrogen and oxygen atoms in total. The number of hydrogen-bond acceptors (Lipinski definition) is 6. The molecule has 0 saturated heterocycles. The molecular formula is C25H25N3O5. The van der Waals surface area contributed by atoms with E-state index in [-0.39, 0.29) is 24.7 Å². The number of rotatable bonds is 8. The Bertz CT molecular complexity index is 1120. The van der Waals surface area contributed by atoms with Gasteiger partial charge in [-0.1, -0.05) is 18.2 Å². The molecule has 2 heterocycles. The maximum Gasteiger partial charge on any atom is 0.227 e. The van der Waals surface area contributed by atoms with Gasteiger partial charge in [-0.05, 0) is 30.3 Å². The Labute approximate surface area is 192 Å². The SMILES string of the molecule is COc1ccc(NC(=O)CCC(=O)N2CCOc3ccccc32)cc1OCc1cccnc1. The maximum atomic E-state index is 12.7. The fourth-order valence-electron chi connectivity index (χ4n) is 3.52. The average Bonchev–Trinajstić information content (AvgIpc) is 2.86. The van der Waals surface area contributed by atoms with E-state index in [1.54, 1.807) is 42.6 Å². The van der Waals surface area contributed by atoms with Gasteiger partial charge >= 0.3 is 0 Å². The van der Waals surface area contributed by atoms with E-state index in [1.165, 1.54) is 0 Å². The van der Waals surface area contributed by atoms with Gasteiger partial charge in [-0.3, -0.25) is 14.6 Å². The lowest BCUT2D eigenvalue weighted by atomic mass is 10.2. The summed E-state index contributed by atoms with van der Waals surface area (Å²) in [7, 11) is 1.56. The molecule has 1 aliphatic rings. The second-order valence-corrected chi connectivity index (χ2v) is 7.43. The summed E-state index contributed by atoms with van der Waals surface area (Å²) in [5, 5.41) is 2.83. The van der Waals surface area contributed by atoms with E-state index in [4.69, 9.17) is 14.2 Å². The standard InChI is InChI=1S/C25H25N3O5/c1-31-22-9-8-19(15-23(22)33-17-18-5-4-12-26-16-18)27-24(29)10-11-25(30)28-13-14-32-21-7-3-2-6-20(21)28/h2-9,12,15-16H,10-11,13-14,17H2,1H3,(H,27,29). The van der Waals surface area contributed by atoms with Crippen LogP contribution in [0, 0.1) is 0 Å². The normalized spacial score (nSPS) is 12.3. The fourth-order valence-corrected chi connectivity index (χ4v) is 3.52. The quantitative estimate of drug-likeness (QED) is 0.565. The van der Waals surface area contributed by atoms with Crippen molar-refractivity contribution in [1.82, 2.24) is 4.98 Å². The molecular weight excluding hydrogens is 422 g/mol. The lowest BCUT2D eigenvalue weighted by molar-refractivity contribution is -0.122. The van der Waals surface area contributed by atoms with E-state index in [0.29, 0.717) is 42.7 Å². The summed E-state index contributed by atoms with van der Waals surface area (Å²) in [6, 6.07) is 16.3. The van der Waals surface area contributed by atoms with Crippen LogP contribution in [0.1, 0.15) is 18.4 Å². The number of ether oxygens (including phenoxy) is 3. The lowest BCUT2D eigenvalue weighted by Crippen LogP contribution is -2.38. The summed E-state index contributed by atoms with van der Waals surface area (Å²) >= 11 is 0. The summed E-state index contributed by atoms with van der Waals surface area (Å²) < 4.78 is 16.8. The molecule has 0 radical (unpaired) electrons. The number of fused-ring (bicyclic) bond motifs is 1. The van der Waals surface area contributed by atoms with Crippen LogP contribution in [0.2, 0.25) is 0 Å². The number of benzene rings is 2. The van der Waals surface area contributed by atoms with E-state index < -0.39 is 0 Å². The van der Waals surface area contributed by atoms with Crippen molar-refractivity contribution in [3.8, 4) is 17.2 Å². The molecule has 0 spiro atoms. The first-order valence-corrected chi connectivity index (χ1v) is 10.7. The highest BCUT2D eigenvalue weighted by atomic mass is 16.5. The molecule has 0 unspecified atom stereocenters. The third kappa shape index (κ3) is 5.60. The zero-order valence-corrected chi connectivity index (χ0v) is 18.3. The molecule has 8 heteroatoms. The summed E-state index contributed by atoms with van der Waals surface area (Å²) in [4.78, 5) is 31.0. The average molecular weight is 447 g/mol. The summed E-state index contributed by atoms with van der Waals surface area (Å²) in [6.07, 6.45) is 3.59. The van der Waals surface area contributed by atoms with Gasteiger partial charge in [0.2, 0.25) is 11.8 Å². The van der Waals surface area contributed by atoms with Crippen molar-refractivity contribution in [2.24, 2.45) is 0 Å². The zero-order valence-electron chi connectivity index (χ0n) is 18.3. The van der Waals surface area contributed by atoms with Crippen molar-refractivity contribution in [2.75, 3.05) is 30.5 Å². The first kappa shape index (κ1) is 22.1. The topological polar surface area (TPSA) is 90.0 Å². The van der Waals surface area contributed by atoms with Crippen molar-refractivity contribution >= 4 is 23.2 Å². The molecule has 33 heavy (non-hydrogen) atoms. The van der Waals surface area contributed by atoms with Crippen molar-refractivity contribution in [3.63, 3.8) is 0 Å². The molecule has 0 atom stereocenters. The van der Waals surface area contributed by atoms with Crippen molar-refractivity contribution in [1.29, 1.82) is 0 Å². The minimum atomic E-state index is -0.256. The molecule has 2 aromatic carbocycles. The van der Waals surface area contributed by atoms with Crippen LogP contribution in [0.15, 0.2) is 67.0 Å². The number of anilines is 2. The molecule has 1 aliphatic heterocycles. The number of nitrogens with zero attached hydrogens (tertiary/aromatic N) is 2. The first-order chi connectivity index (χ1) is 16.1. The third-order valence-electron chi connectivity index (χ3n) is 5.16. The van der Waals surface area contributed by atoms with Crippen molar-refractivity contribution in [3.05, 3.63) is 72.6 Å². The number of hydrogen-bond donors (Lipinski definition) is 1. The number of aromatic nitrogens is 1. The second-order valence-electron chi connectivity index (χ2n) is 7.43. The predicted octanol–water partition coefficient (Wildman–Crippen LogP) is 3.81. The Morgan fingerprint density at radius 3 is 2.79 bits per heavy atom. The van der Waals surface area contributed by atoms with Crippen LogP contribution in [0.3, 0.4) is 0 Å². The number of para-hydroxylation sites is 2. The maximum absolute atomic E-state index is 12.7. The van der Waals surface area contributed by atoms with Crippen molar-refractivity contribution in [2.45, 2.75) is 19.4 Å². The molecule has 3 aromatic rings. The van der Waals surface area contributed by atoms with Crippen LogP contribution < -0.4 is 24.4 Å². The smallest absolute Gasteiger partial charge is 0.227 e. The molecule has 1 aromatic heterocycles. The summed E-state index contributed by atoms with van der Waals surface area (Å²) in [5.41, 5.74) is 2.21. The van der Waals surface area contributed by atoms with E-state index in [1.807, 2.05) is 36.4 Å². The van der Waals surface area contributed by atoms with Gasteiger partial charge in [-0.25, -0.2) is 0 Å². The van der Waals surface area contributed by atoms with Crippen LogP contribution in [0.4, 0.5) is 11.4 Å². The van der Waals surface area contributed by atoms with Gasteiger partial charge in [0.25, 0.3) is 0 Å². The lowest BCUT2D eigenvalue weighted by Gasteiger charge is -2.29. The van der Waals surface area contributed by atoms with Gasteiger partial charge in [-0.15, -0.1) is 0 Å². The van der Waals surface area contributed by atoms with Gasteiger partial charge in [0.05, 0.1) is 19.3 Å². The minimum absolute atomic E-state index is 0.0657. The van der Waals surface area contributed by atoms with Crippen LogP contribution in [0.25, 0.3) is 0 Å². The highest BCUT2D eigenvalue weighted by molar-refractivity contribution is 5.99. The van der Waals surface area contributed by atoms with Gasteiger partial charge in [-0.2, -0.15) is 0 Å². The number of pyridine rings is 1. The van der Waals surface area contributed by atoms with Gasteiger partial charge < -0.3 is 24.4 Å². The Hall–Kier alpha value is -4.07. The highest BCUT2D eigenvalue weighted by Gasteiger charge is 2.23. The Kier molecular flexibility index (Phi) is 7.04. The summed E-state index contributed by atoms with van der Waals surface area (Å²) in [6.45, 7) is 1.22. The van der Waals surface area contributed by atoms with Crippen LogP contribution >= 0.6 is 0 Å². The number of carbonyl (C=O) groups excluding carboxylic acids is 2. The number of carbonyl (C=O) groups is 2. The molecule has 2 amide bonds. The molecule has 0 saturated carbocycles. The van der Waals surface area contributed by atoms with E-state index in [9.17, 15) is 9.59 Å². The van der Waals surface area contributed by atoms with Crippen LogP contribution in [-0.2, 0) is 16.2 Å². The Morgan fingerprint density at radius 2 is 1.97 bits per heavy atom. The van der Waals surface area contributed by atoms with Gasteiger partial charge in [0.1, 0.15) is 19.0 Å². The Balaban J connectivity index is 1.34. The summed E-state index contributed by atoms with van der Waals surface area (Å²) in [5.74, 6) is 1.36. The predicted molar refractivity (Wildman–Crippen MR) is 124 cm³/mol. The molecule has 0 aliphatic carbocycles. The Morgan fingerprint density at radius 1 is 1.09 bits per heavy atom. The largest absolute Gasteiger partial charge is 0.493 e. The number of nitrogens with one attached hydrogen (secondary N) is 1. The number of methoxy groups -OCH3 is 1. The monoisotopic (exact) mass is 447 g/mol. The molecule has 170 valence electrons. The van der Waals surface area contributed by atoms with E-state index >= 15 is 0 Å². The molecule has 1 N–H and O–H groups in total. The second kappa shape index (κ2) is 10.5. The zero-order chi connectivity index (χ0) is 23.0. The number of amides is 2. The highest BCUT2D eigenvalue weighted by Crippen LogP contribution is 2.32. The minimum Gasteiger partial charge on any atom is -0.493 e. The van der Waals surface area contributed by atoms with Gasteiger partial charge in [0, 0.05) is 42.6 Å². The molecule has 0 bridgehead atoms. The fraction of sp³-hybridized carbons (Fsp3) is 0.240. The van der Waals surface area contributed by atoms with E-state index in [0.717, 1.165) is 11.3 Å². The van der Waals surface area contributed by atoms with Crippen LogP contribution in [-0.4, -0.2) is 37.1 Å². The van der Waals surface area contributed by atoms with Gasteiger partial charge in [0.15, 0.2) is 11.5 Å². The van der Waals surface area contributed by atoms with E-state index in [2.05, 4.69) is 10.3 Å². The third-order valence-corrected chi connectivity index (χ3v) is 5.16. The molecule has 0 fully saturated rings. The first-order valence-electron chi connectivity index (χ1n) is 10.7. The van der Waals surface area contributed by atoms with Crippen molar-refractivity contribution < 1.29 is 23.8 Å². The molecule has 4 rings (SSSR count). The van der Waals surface area contributed by atoms with Crippen LogP contribution in [0.5, 0.6) is 17.2 Å².